The first-order chi connectivity index (χ1) is 12.0. The first kappa shape index (κ1) is 21.1. The zero-order chi connectivity index (χ0) is 19.7. The molecule has 1 unspecified atom stereocenters. The lowest BCUT2D eigenvalue weighted by Crippen LogP contribution is -2.62. The number of rotatable bonds is 5. The minimum atomic E-state index is -1.05. The van der Waals surface area contributed by atoms with Crippen molar-refractivity contribution in [3.8, 4) is 0 Å². The molecule has 0 radical (unpaired) electrons. The highest BCUT2D eigenvalue weighted by atomic mass is 16.7. The van der Waals surface area contributed by atoms with Crippen LogP contribution in [0.5, 0.6) is 0 Å². The summed E-state index contributed by atoms with van der Waals surface area (Å²) in [4.78, 5) is 23.0. The Labute approximate surface area is 154 Å². The predicted molar refractivity (Wildman–Crippen MR) is 90.1 cm³/mol. The average Bonchev–Trinajstić information content (AvgIpc) is 2.82. The molecule has 0 aromatic rings. The van der Waals surface area contributed by atoms with Gasteiger partial charge < -0.3 is 28.4 Å². The van der Waals surface area contributed by atoms with Gasteiger partial charge in [-0.3, -0.25) is 9.59 Å². The van der Waals surface area contributed by atoms with E-state index in [1.807, 2.05) is 27.7 Å². The molecule has 8 heteroatoms. The minimum Gasteiger partial charge on any atom is -0.453 e. The molecule has 0 spiro atoms. The van der Waals surface area contributed by atoms with E-state index in [0.29, 0.717) is 13.0 Å². The minimum absolute atomic E-state index is 0.157. The summed E-state index contributed by atoms with van der Waals surface area (Å²) in [6.07, 6.45) is -2.41. The second-order valence-electron chi connectivity index (χ2n) is 7.84. The fourth-order valence-electron chi connectivity index (χ4n) is 3.65. The standard InChI is InChI=1S/C18H30O8/c1-10(19)23-14-15(21-7)17(3,4)13(25-16(14)24-11(2)20)8-12-9-22-18(5,6)26-12/h12-16H,8-9H2,1-7H3/t12-,13+,14+,15+,16?/m0/s1. The van der Waals surface area contributed by atoms with Crippen LogP contribution >= 0.6 is 0 Å². The summed E-state index contributed by atoms with van der Waals surface area (Å²) in [5, 5.41) is 0. The Morgan fingerprint density at radius 3 is 2.15 bits per heavy atom. The van der Waals surface area contributed by atoms with Crippen molar-refractivity contribution in [1.82, 2.24) is 0 Å². The zero-order valence-corrected chi connectivity index (χ0v) is 16.6. The van der Waals surface area contributed by atoms with E-state index in [1.54, 1.807) is 0 Å². The van der Waals surface area contributed by atoms with Gasteiger partial charge in [0.15, 0.2) is 11.9 Å². The van der Waals surface area contributed by atoms with Crippen molar-refractivity contribution in [2.24, 2.45) is 5.41 Å². The largest absolute Gasteiger partial charge is 0.453 e. The van der Waals surface area contributed by atoms with Crippen molar-refractivity contribution in [3.05, 3.63) is 0 Å². The molecule has 0 N–H and O–H groups in total. The Balaban J connectivity index is 2.23. The van der Waals surface area contributed by atoms with Crippen molar-refractivity contribution in [3.63, 3.8) is 0 Å². The second-order valence-corrected chi connectivity index (χ2v) is 7.84. The Kier molecular flexibility index (Phi) is 6.32. The van der Waals surface area contributed by atoms with E-state index < -0.39 is 41.6 Å². The van der Waals surface area contributed by atoms with Crippen LogP contribution in [-0.2, 0) is 38.0 Å². The van der Waals surface area contributed by atoms with Gasteiger partial charge in [-0.15, -0.1) is 0 Å². The smallest absolute Gasteiger partial charge is 0.305 e. The monoisotopic (exact) mass is 374 g/mol. The number of hydrogen-bond donors (Lipinski definition) is 0. The van der Waals surface area contributed by atoms with Gasteiger partial charge in [-0.2, -0.15) is 0 Å². The van der Waals surface area contributed by atoms with Crippen LogP contribution < -0.4 is 0 Å². The highest BCUT2D eigenvalue weighted by Gasteiger charge is 2.55. The molecule has 2 saturated heterocycles. The molecule has 0 bridgehead atoms. The van der Waals surface area contributed by atoms with Gasteiger partial charge in [0.1, 0.15) is 6.10 Å². The van der Waals surface area contributed by atoms with Gasteiger partial charge in [-0.1, -0.05) is 13.8 Å². The molecular formula is C18H30O8. The van der Waals surface area contributed by atoms with Crippen LogP contribution in [-0.4, -0.2) is 62.1 Å². The fourth-order valence-corrected chi connectivity index (χ4v) is 3.65. The molecule has 2 rings (SSSR count). The van der Waals surface area contributed by atoms with E-state index in [-0.39, 0.29) is 12.2 Å². The van der Waals surface area contributed by atoms with Gasteiger partial charge in [0.25, 0.3) is 0 Å². The van der Waals surface area contributed by atoms with Crippen molar-refractivity contribution in [1.29, 1.82) is 0 Å². The molecular weight excluding hydrogens is 344 g/mol. The Morgan fingerprint density at radius 2 is 1.69 bits per heavy atom. The topological polar surface area (TPSA) is 89.5 Å². The van der Waals surface area contributed by atoms with Gasteiger partial charge in [0, 0.05) is 32.8 Å². The van der Waals surface area contributed by atoms with Gasteiger partial charge in [-0.25, -0.2) is 0 Å². The first-order valence-electron chi connectivity index (χ1n) is 8.80. The van der Waals surface area contributed by atoms with Crippen molar-refractivity contribution in [2.45, 2.75) is 84.5 Å². The molecule has 2 heterocycles. The van der Waals surface area contributed by atoms with Gasteiger partial charge in [-0.05, 0) is 13.8 Å². The number of methoxy groups -OCH3 is 1. The Morgan fingerprint density at radius 1 is 1.08 bits per heavy atom. The SMILES string of the molecule is CO[C@@H]1[C@@H](OC(C)=O)C(OC(C)=O)O[C@H](C[C@H]2COC(C)(C)O2)C1(C)C. The van der Waals surface area contributed by atoms with Crippen molar-refractivity contribution >= 4 is 11.9 Å². The molecule has 8 nitrogen and oxygen atoms in total. The summed E-state index contributed by atoms with van der Waals surface area (Å²) in [6, 6.07) is 0. The molecule has 0 aliphatic carbocycles. The van der Waals surface area contributed by atoms with Crippen LogP contribution in [0, 0.1) is 5.41 Å². The quantitative estimate of drug-likeness (QED) is 0.673. The van der Waals surface area contributed by atoms with E-state index in [2.05, 4.69) is 0 Å². The third-order valence-corrected chi connectivity index (χ3v) is 4.81. The first-order valence-corrected chi connectivity index (χ1v) is 8.80. The number of carbonyl (C=O) groups is 2. The Hall–Kier alpha value is -1.22. The van der Waals surface area contributed by atoms with Crippen LogP contribution in [0.2, 0.25) is 0 Å². The summed E-state index contributed by atoms with van der Waals surface area (Å²) in [5.41, 5.74) is -0.526. The van der Waals surface area contributed by atoms with Gasteiger partial charge in [0.05, 0.1) is 18.8 Å². The van der Waals surface area contributed by atoms with E-state index >= 15 is 0 Å². The van der Waals surface area contributed by atoms with Gasteiger partial charge >= 0.3 is 11.9 Å². The van der Waals surface area contributed by atoms with Crippen molar-refractivity contribution < 1.29 is 38.0 Å². The van der Waals surface area contributed by atoms with E-state index in [9.17, 15) is 9.59 Å². The lowest BCUT2D eigenvalue weighted by Gasteiger charge is -2.50. The van der Waals surface area contributed by atoms with Gasteiger partial charge in [0.2, 0.25) is 6.29 Å². The molecule has 0 saturated carbocycles. The third kappa shape index (κ3) is 4.73. The number of hydrogen-bond acceptors (Lipinski definition) is 8. The average molecular weight is 374 g/mol. The number of ether oxygens (including phenoxy) is 6. The molecule has 0 amide bonds. The maximum atomic E-state index is 11.5. The van der Waals surface area contributed by atoms with Crippen LogP contribution in [0.1, 0.15) is 48.0 Å². The molecule has 2 fully saturated rings. The van der Waals surface area contributed by atoms with Crippen LogP contribution in [0.4, 0.5) is 0 Å². The summed E-state index contributed by atoms with van der Waals surface area (Å²) in [6.45, 7) is 10.7. The summed E-state index contributed by atoms with van der Waals surface area (Å²) < 4.78 is 33.9. The molecule has 2 aliphatic rings. The number of esters is 2. The summed E-state index contributed by atoms with van der Waals surface area (Å²) >= 11 is 0. The number of carbonyl (C=O) groups excluding carboxylic acids is 2. The maximum absolute atomic E-state index is 11.5. The highest BCUT2D eigenvalue weighted by molar-refractivity contribution is 5.67. The molecule has 26 heavy (non-hydrogen) atoms. The normalized spacial score (nSPS) is 35.7. The maximum Gasteiger partial charge on any atom is 0.305 e. The van der Waals surface area contributed by atoms with E-state index in [1.165, 1.54) is 21.0 Å². The van der Waals surface area contributed by atoms with Crippen LogP contribution in [0.25, 0.3) is 0 Å². The Bertz CT molecular complexity index is 529. The van der Waals surface area contributed by atoms with E-state index in [4.69, 9.17) is 28.4 Å². The lowest BCUT2D eigenvalue weighted by molar-refractivity contribution is -0.306. The predicted octanol–water partition coefficient (Wildman–Crippen LogP) is 1.79. The van der Waals surface area contributed by atoms with Crippen LogP contribution in [0.15, 0.2) is 0 Å². The highest BCUT2D eigenvalue weighted by Crippen LogP contribution is 2.43. The molecule has 0 aromatic carbocycles. The molecule has 0 aromatic heterocycles. The van der Waals surface area contributed by atoms with E-state index in [0.717, 1.165) is 0 Å². The zero-order valence-electron chi connectivity index (χ0n) is 16.6. The molecule has 5 atom stereocenters. The molecule has 150 valence electrons. The summed E-state index contributed by atoms with van der Waals surface area (Å²) in [7, 11) is 1.54. The summed E-state index contributed by atoms with van der Waals surface area (Å²) in [5.74, 6) is -1.66. The second kappa shape index (κ2) is 7.80. The van der Waals surface area contributed by atoms with Crippen molar-refractivity contribution in [2.75, 3.05) is 13.7 Å². The van der Waals surface area contributed by atoms with Crippen LogP contribution in [0.3, 0.4) is 0 Å². The fraction of sp³-hybridized carbons (Fsp3) is 0.889. The molecule has 2 aliphatic heterocycles. The third-order valence-electron chi connectivity index (χ3n) is 4.81. The lowest BCUT2D eigenvalue weighted by atomic mass is 9.74.